The summed E-state index contributed by atoms with van der Waals surface area (Å²) < 4.78 is 38.1. The van der Waals surface area contributed by atoms with Gasteiger partial charge >= 0.3 is 18.2 Å². The van der Waals surface area contributed by atoms with Crippen LogP contribution in [0.2, 0.25) is 0 Å². The summed E-state index contributed by atoms with van der Waals surface area (Å²) in [5, 5.41) is 25.8. The van der Waals surface area contributed by atoms with Crippen LogP contribution >= 0.6 is 0 Å². The van der Waals surface area contributed by atoms with Gasteiger partial charge in [0.2, 0.25) is 6.54 Å². The lowest BCUT2D eigenvalue weighted by Crippen LogP contribution is -2.53. The first-order valence-electron chi connectivity index (χ1n) is 9.30. The molecule has 3 rings (SSSR count). The molecule has 0 radical (unpaired) electrons. The number of nitrogens with one attached hydrogen (secondary N) is 1. The summed E-state index contributed by atoms with van der Waals surface area (Å²) in [6.07, 6.45) is -4.31. The van der Waals surface area contributed by atoms with Crippen LogP contribution in [0.5, 0.6) is 0 Å². The van der Waals surface area contributed by atoms with Gasteiger partial charge in [-0.25, -0.2) is 9.59 Å². The highest BCUT2D eigenvalue weighted by atomic mass is 19.4. The standard InChI is InChI=1S/C19H17N3O4.C2HF3O2/c23-18(24)17(20-19(25)26-13-14-6-2-1-3-7-14)12-22-11-10-15-8-4-5-9-16(15)21-22;3-2(4,5)1(6)7/h1-11,17H,12-13H2,(H-,20,23,24,25);(H,6,7). The first-order valence-corrected chi connectivity index (χ1v) is 9.30. The SMILES string of the molecule is O=C(NC(C[n+]1ccc2ccccc2n1)C(=O)O)OCc1ccccc1.O=C([O-])C(F)(F)F. The van der Waals surface area contributed by atoms with Crippen LogP contribution < -0.4 is 15.1 Å². The third-order valence-corrected chi connectivity index (χ3v) is 4.00. The molecule has 1 aromatic heterocycles. The van der Waals surface area contributed by atoms with E-state index >= 15 is 0 Å². The maximum Gasteiger partial charge on any atom is 0.430 e. The topological polar surface area (TPSA) is 133 Å². The Morgan fingerprint density at radius 3 is 2.27 bits per heavy atom. The molecule has 9 nitrogen and oxygen atoms in total. The quantitative estimate of drug-likeness (QED) is 0.523. The summed E-state index contributed by atoms with van der Waals surface area (Å²) in [7, 11) is 0. The number of amides is 1. The Hall–Kier alpha value is -4.22. The van der Waals surface area contributed by atoms with E-state index < -0.39 is 30.2 Å². The van der Waals surface area contributed by atoms with E-state index in [0.717, 1.165) is 16.5 Å². The number of carbonyl (C=O) groups is 3. The number of carbonyl (C=O) groups excluding carboxylic acids is 2. The minimum Gasteiger partial charge on any atom is -0.542 e. The number of rotatable bonds is 6. The van der Waals surface area contributed by atoms with Crippen LogP contribution in [0.4, 0.5) is 18.0 Å². The molecule has 3 aromatic rings. The fourth-order valence-electron chi connectivity index (χ4n) is 2.44. The number of benzene rings is 2. The molecule has 0 aliphatic rings. The minimum absolute atomic E-state index is 0.0133. The molecule has 0 saturated heterocycles. The van der Waals surface area contributed by atoms with Crippen molar-refractivity contribution in [3.63, 3.8) is 0 Å². The van der Waals surface area contributed by atoms with Gasteiger partial charge in [-0.3, -0.25) is 0 Å². The van der Waals surface area contributed by atoms with Crippen LogP contribution in [0.25, 0.3) is 10.9 Å². The van der Waals surface area contributed by atoms with Crippen molar-refractivity contribution >= 4 is 28.9 Å². The zero-order chi connectivity index (χ0) is 24.4. The molecule has 1 unspecified atom stereocenters. The van der Waals surface area contributed by atoms with Gasteiger partial charge in [0.05, 0.1) is 0 Å². The summed E-state index contributed by atoms with van der Waals surface area (Å²) in [4.78, 5) is 32.2. The first kappa shape index (κ1) is 25.0. The van der Waals surface area contributed by atoms with Crippen molar-refractivity contribution in [2.45, 2.75) is 25.4 Å². The lowest BCUT2D eigenvalue weighted by Gasteiger charge is -2.11. The fraction of sp³-hybridized carbons (Fsp3) is 0.190. The van der Waals surface area contributed by atoms with Gasteiger partial charge in [-0.05, 0) is 11.6 Å². The second kappa shape index (κ2) is 11.4. The predicted octanol–water partition coefficient (Wildman–Crippen LogP) is 1.20. The van der Waals surface area contributed by atoms with E-state index in [4.69, 9.17) is 14.6 Å². The zero-order valence-corrected chi connectivity index (χ0v) is 16.9. The van der Waals surface area contributed by atoms with Gasteiger partial charge in [0.15, 0.2) is 12.2 Å². The Bertz CT molecular complexity index is 1110. The maximum atomic E-state index is 11.9. The number of carboxylic acids is 2. The van der Waals surface area contributed by atoms with Crippen LogP contribution in [0.15, 0.2) is 66.9 Å². The van der Waals surface area contributed by atoms with Crippen LogP contribution in [-0.4, -0.2) is 40.5 Å². The van der Waals surface area contributed by atoms with Gasteiger partial charge in [0.1, 0.15) is 18.1 Å². The average molecular weight is 465 g/mol. The molecule has 1 atom stereocenters. The van der Waals surface area contributed by atoms with Crippen LogP contribution in [0.1, 0.15) is 5.56 Å². The number of alkyl halides is 3. The summed E-state index contributed by atoms with van der Waals surface area (Å²) in [5.41, 5.74) is 1.56. The molecule has 0 aliphatic carbocycles. The Balaban J connectivity index is 0.000000479. The molecule has 174 valence electrons. The van der Waals surface area contributed by atoms with E-state index in [0.29, 0.717) is 0 Å². The van der Waals surface area contributed by atoms with E-state index in [9.17, 15) is 27.9 Å². The number of aliphatic carboxylic acids is 2. The molecular weight excluding hydrogens is 447 g/mol. The van der Waals surface area contributed by atoms with Crippen molar-refractivity contribution in [1.82, 2.24) is 10.4 Å². The number of hydrogen-bond acceptors (Lipinski definition) is 6. The number of fused-ring (bicyclic) bond motifs is 1. The predicted molar refractivity (Wildman–Crippen MR) is 104 cm³/mol. The molecule has 0 spiro atoms. The molecule has 0 aliphatic heterocycles. The highest BCUT2D eigenvalue weighted by Gasteiger charge is 2.29. The van der Waals surface area contributed by atoms with Crippen LogP contribution in [0.3, 0.4) is 0 Å². The van der Waals surface area contributed by atoms with E-state index in [-0.39, 0.29) is 13.2 Å². The number of halogens is 3. The number of carboxylic acid groups (broad SMARTS) is 2. The molecule has 1 heterocycles. The monoisotopic (exact) mass is 465 g/mol. The lowest BCUT2D eigenvalue weighted by atomic mass is 10.2. The van der Waals surface area contributed by atoms with Gasteiger partial charge in [-0.15, -0.1) is 0 Å². The molecule has 2 aromatic carbocycles. The van der Waals surface area contributed by atoms with Gasteiger partial charge in [-0.1, -0.05) is 53.2 Å². The van der Waals surface area contributed by atoms with Gasteiger partial charge in [-0.2, -0.15) is 13.2 Å². The van der Waals surface area contributed by atoms with E-state index in [2.05, 4.69) is 10.4 Å². The molecule has 33 heavy (non-hydrogen) atoms. The van der Waals surface area contributed by atoms with Crippen molar-refractivity contribution in [3.8, 4) is 0 Å². The molecular formula is C21H18F3N3O6. The van der Waals surface area contributed by atoms with Gasteiger partial charge in [0.25, 0.3) is 0 Å². The third-order valence-electron chi connectivity index (χ3n) is 4.00. The highest BCUT2D eigenvalue weighted by molar-refractivity contribution is 5.79. The van der Waals surface area contributed by atoms with Gasteiger partial charge in [0, 0.05) is 16.6 Å². The average Bonchev–Trinajstić information content (AvgIpc) is 2.77. The molecule has 0 bridgehead atoms. The summed E-state index contributed by atoms with van der Waals surface area (Å²) in [6.45, 7) is 0.0565. The third kappa shape index (κ3) is 8.44. The zero-order valence-electron chi connectivity index (χ0n) is 16.9. The van der Waals surface area contributed by atoms with Crippen molar-refractivity contribution in [2.24, 2.45) is 0 Å². The van der Waals surface area contributed by atoms with Crippen LogP contribution in [0, 0.1) is 0 Å². The smallest absolute Gasteiger partial charge is 0.430 e. The van der Waals surface area contributed by atoms with E-state index in [1.54, 1.807) is 6.20 Å². The second-order valence-corrected chi connectivity index (χ2v) is 6.48. The Morgan fingerprint density at radius 2 is 1.67 bits per heavy atom. The lowest BCUT2D eigenvalue weighted by molar-refractivity contribution is -0.752. The molecule has 0 fully saturated rings. The minimum atomic E-state index is -5.19. The number of ether oxygens (including phenoxy) is 1. The van der Waals surface area contributed by atoms with Gasteiger partial charge < -0.3 is 25.1 Å². The van der Waals surface area contributed by atoms with Crippen molar-refractivity contribution in [1.29, 1.82) is 0 Å². The molecule has 1 amide bonds. The maximum absolute atomic E-state index is 11.9. The number of alkyl carbamates (subject to hydrolysis) is 1. The summed E-state index contributed by atoms with van der Waals surface area (Å²) in [5.74, 6) is -4.17. The van der Waals surface area contributed by atoms with E-state index in [1.165, 1.54) is 4.68 Å². The Kier molecular flexibility index (Phi) is 8.66. The van der Waals surface area contributed by atoms with Crippen molar-refractivity contribution in [3.05, 3.63) is 72.4 Å². The fourth-order valence-corrected chi connectivity index (χ4v) is 2.44. The molecule has 12 heteroatoms. The first-order chi connectivity index (χ1) is 15.6. The van der Waals surface area contributed by atoms with E-state index in [1.807, 2.05) is 60.7 Å². The summed E-state index contributed by atoms with van der Waals surface area (Å²) >= 11 is 0. The number of aromatic nitrogens is 2. The van der Waals surface area contributed by atoms with Crippen molar-refractivity contribution in [2.75, 3.05) is 0 Å². The normalized spacial score (nSPS) is 11.6. The van der Waals surface area contributed by atoms with Crippen LogP contribution in [-0.2, 0) is 27.5 Å². The number of nitrogens with zero attached hydrogens (tertiary/aromatic N) is 2. The molecule has 2 N–H and O–H groups in total. The largest absolute Gasteiger partial charge is 0.542 e. The highest BCUT2D eigenvalue weighted by Crippen LogP contribution is 2.11. The van der Waals surface area contributed by atoms with Crippen molar-refractivity contribution < 1.29 is 47.2 Å². The Morgan fingerprint density at radius 1 is 1.06 bits per heavy atom. The molecule has 0 saturated carbocycles. The second-order valence-electron chi connectivity index (χ2n) is 6.48. The summed E-state index contributed by atoms with van der Waals surface area (Å²) in [6, 6.07) is 17.4. The number of hydrogen-bond donors (Lipinski definition) is 2. The Labute approximate surface area is 185 Å².